The van der Waals surface area contributed by atoms with Gasteiger partial charge >= 0.3 is 0 Å². The van der Waals surface area contributed by atoms with Crippen LogP contribution < -0.4 is 5.32 Å². The number of aryl methyl sites for hydroxylation is 2. The number of hydrogen-bond donors (Lipinski definition) is 2. The normalized spacial score (nSPS) is 11.1. The standard InChI is InChI=1S/C22H24N4O/c1-6-19-25-18-12-16(13-23-20(18)26-19)24-21(27)17-8-7-15(11-14(17)2)9-10-22(3,4)5/h7-8,11-13H,6H2,1-5H3,(H,24,27)(H,23,25,26). The van der Waals surface area contributed by atoms with E-state index in [4.69, 9.17) is 0 Å². The van der Waals surface area contributed by atoms with Gasteiger partial charge in [0, 0.05) is 23.0 Å². The molecule has 27 heavy (non-hydrogen) atoms. The highest BCUT2D eigenvalue weighted by Crippen LogP contribution is 2.18. The van der Waals surface area contributed by atoms with E-state index in [-0.39, 0.29) is 11.3 Å². The predicted octanol–water partition coefficient (Wildman–Crippen LogP) is 4.48. The van der Waals surface area contributed by atoms with E-state index in [9.17, 15) is 4.79 Å². The molecule has 0 aliphatic rings. The molecular weight excluding hydrogens is 336 g/mol. The minimum atomic E-state index is -0.167. The lowest BCUT2D eigenvalue weighted by molar-refractivity contribution is 0.102. The van der Waals surface area contributed by atoms with Crippen molar-refractivity contribution in [2.45, 2.75) is 41.0 Å². The van der Waals surface area contributed by atoms with Gasteiger partial charge in [-0.05, 0) is 57.5 Å². The molecule has 0 spiro atoms. The van der Waals surface area contributed by atoms with Crippen molar-refractivity contribution >= 4 is 22.8 Å². The van der Waals surface area contributed by atoms with Gasteiger partial charge in [-0.25, -0.2) is 9.97 Å². The van der Waals surface area contributed by atoms with Gasteiger partial charge in [0.15, 0.2) is 5.65 Å². The predicted molar refractivity (Wildman–Crippen MR) is 109 cm³/mol. The number of hydrogen-bond acceptors (Lipinski definition) is 3. The molecular formula is C22H24N4O. The molecule has 2 N–H and O–H groups in total. The second kappa shape index (κ2) is 7.24. The van der Waals surface area contributed by atoms with Crippen molar-refractivity contribution in [1.29, 1.82) is 0 Å². The number of rotatable bonds is 3. The summed E-state index contributed by atoms with van der Waals surface area (Å²) < 4.78 is 0. The molecule has 0 aliphatic carbocycles. The minimum Gasteiger partial charge on any atom is -0.341 e. The maximum atomic E-state index is 12.7. The zero-order chi connectivity index (χ0) is 19.6. The van der Waals surface area contributed by atoms with Crippen LogP contribution in [0.2, 0.25) is 0 Å². The first-order chi connectivity index (χ1) is 12.7. The molecule has 1 aromatic carbocycles. The Balaban J connectivity index is 1.80. The lowest BCUT2D eigenvalue weighted by Crippen LogP contribution is -2.13. The fourth-order valence-electron chi connectivity index (χ4n) is 2.64. The highest BCUT2D eigenvalue weighted by molar-refractivity contribution is 6.05. The number of pyridine rings is 1. The summed E-state index contributed by atoms with van der Waals surface area (Å²) in [7, 11) is 0. The first kappa shape index (κ1) is 18.7. The average Bonchev–Trinajstić information content (AvgIpc) is 3.01. The molecule has 0 saturated carbocycles. The minimum absolute atomic E-state index is 0.0556. The van der Waals surface area contributed by atoms with Gasteiger partial charge in [-0.3, -0.25) is 4.79 Å². The van der Waals surface area contributed by atoms with Crippen LogP contribution in [0.5, 0.6) is 0 Å². The van der Waals surface area contributed by atoms with Crippen molar-refractivity contribution in [2.24, 2.45) is 5.41 Å². The summed E-state index contributed by atoms with van der Waals surface area (Å²) in [5.74, 6) is 7.09. The van der Waals surface area contributed by atoms with Gasteiger partial charge in [-0.1, -0.05) is 18.8 Å². The van der Waals surface area contributed by atoms with Crippen molar-refractivity contribution < 1.29 is 4.79 Å². The number of aromatic nitrogens is 3. The zero-order valence-electron chi connectivity index (χ0n) is 16.4. The third-order valence-corrected chi connectivity index (χ3v) is 4.03. The first-order valence-electron chi connectivity index (χ1n) is 9.05. The fourth-order valence-corrected chi connectivity index (χ4v) is 2.64. The van der Waals surface area contributed by atoms with Crippen LogP contribution in [-0.2, 0) is 6.42 Å². The number of anilines is 1. The Hall–Kier alpha value is -3.13. The van der Waals surface area contributed by atoms with Crippen molar-refractivity contribution in [2.75, 3.05) is 5.32 Å². The average molecular weight is 360 g/mol. The number of carbonyl (C=O) groups is 1. The second-order valence-electron chi connectivity index (χ2n) is 7.62. The quantitative estimate of drug-likeness (QED) is 0.677. The highest BCUT2D eigenvalue weighted by Gasteiger charge is 2.11. The Bertz CT molecular complexity index is 1060. The van der Waals surface area contributed by atoms with E-state index in [0.29, 0.717) is 16.9 Å². The molecule has 5 heteroatoms. The fraction of sp³-hybridized carbons (Fsp3) is 0.318. The number of amides is 1. The number of fused-ring (bicyclic) bond motifs is 1. The molecule has 0 bridgehead atoms. The second-order valence-corrected chi connectivity index (χ2v) is 7.62. The Labute approximate surface area is 159 Å². The Kier molecular flexibility index (Phi) is 5.00. The van der Waals surface area contributed by atoms with Crippen molar-refractivity contribution in [3.8, 4) is 11.8 Å². The molecule has 0 atom stereocenters. The molecule has 0 unspecified atom stereocenters. The highest BCUT2D eigenvalue weighted by atomic mass is 16.1. The Morgan fingerprint density at radius 1 is 1.26 bits per heavy atom. The lowest BCUT2D eigenvalue weighted by atomic mass is 9.97. The first-order valence-corrected chi connectivity index (χ1v) is 9.05. The van der Waals surface area contributed by atoms with E-state index < -0.39 is 0 Å². The molecule has 2 aromatic heterocycles. The SMILES string of the molecule is CCc1nc2ncc(NC(=O)c3ccc(C#CC(C)(C)C)cc3C)cc2[nH]1. The van der Waals surface area contributed by atoms with Crippen LogP contribution in [0.1, 0.15) is 55.0 Å². The number of H-pyrrole nitrogens is 1. The summed E-state index contributed by atoms with van der Waals surface area (Å²) in [5.41, 5.74) is 4.46. The number of benzene rings is 1. The third-order valence-electron chi connectivity index (χ3n) is 4.03. The molecule has 3 rings (SSSR count). The summed E-state index contributed by atoms with van der Waals surface area (Å²) in [5, 5.41) is 2.91. The maximum absolute atomic E-state index is 12.7. The molecule has 5 nitrogen and oxygen atoms in total. The van der Waals surface area contributed by atoms with Gasteiger partial charge < -0.3 is 10.3 Å². The van der Waals surface area contributed by atoms with Crippen molar-refractivity contribution in [1.82, 2.24) is 15.0 Å². The molecule has 138 valence electrons. The van der Waals surface area contributed by atoms with E-state index in [1.165, 1.54) is 0 Å². The van der Waals surface area contributed by atoms with Crippen LogP contribution in [0.25, 0.3) is 11.2 Å². The smallest absolute Gasteiger partial charge is 0.255 e. The third kappa shape index (κ3) is 4.53. The molecule has 1 amide bonds. The number of imidazole rings is 1. The van der Waals surface area contributed by atoms with Crippen molar-refractivity contribution in [3.63, 3.8) is 0 Å². The Morgan fingerprint density at radius 3 is 2.70 bits per heavy atom. The van der Waals surface area contributed by atoms with Crippen LogP contribution >= 0.6 is 0 Å². The Morgan fingerprint density at radius 2 is 2.04 bits per heavy atom. The topological polar surface area (TPSA) is 70.7 Å². The monoisotopic (exact) mass is 360 g/mol. The van der Waals surface area contributed by atoms with Gasteiger partial charge in [0.2, 0.25) is 0 Å². The number of nitrogens with one attached hydrogen (secondary N) is 2. The van der Waals surface area contributed by atoms with E-state index in [0.717, 1.165) is 28.9 Å². The molecule has 0 aliphatic heterocycles. The molecule has 2 heterocycles. The van der Waals surface area contributed by atoms with Gasteiger partial charge in [-0.15, -0.1) is 0 Å². The van der Waals surface area contributed by atoms with Gasteiger partial charge in [-0.2, -0.15) is 0 Å². The largest absolute Gasteiger partial charge is 0.341 e. The van der Waals surface area contributed by atoms with Crippen LogP contribution in [-0.4, -0.2) is 20.9 Å². The number of nitrogens with zero attached hydrogens (tertiary/aromatic N) is 2. The van der Waals surface area contributed by atoms with Crippen LogP contribution in [0.3, 0.4) is 0 Å². The molecule has 0 radical (unpaired) electrons. The van der Waals surface area contributed by atoms with E-state index >= 15 is 0 Å². The van der Waals surface area contributed by atoms with Crippen LogP contribution in [0.4, 0.5) is 5.69 Å². The van der Waals surface area contributed by atoms with Gasteiger partial charge in [0.1, 0.15) is 5.82 Å². The maximum Gasteiger partial charge on any atom is 0.255 e. The van der Waals surface area contributed by atoms with E-state index in [2.05, 4.69) is 52.9 Å². The van der Waals surface area contributed by atoms with Gasteiger partial charge in [0.25, 0.3) is 5.91 Å². The summed E-state index contributed by atoms with van der Waals surface area (Å²) in [6.07, 6.45) is 2.43. The summed E-state index contributed by atoms with van der Waals surface area (Å²) in [6.45, 7) is 10.2. The van der Waals surface area contributed by atoms with Gasteiger partial charge in [0.05, 0.1) is 17.4 Å². The molecule has 3 aromatic rings. The van der Waals surface area contributed by atoms with E-state index in [1.807, 2.05) is 38.1 Å². The summed E-state index contributed by atoms with van der Waals surface area (Å²) >= 11 is 0. The molecule has 0 saturated heterocycles. The number of carbonyl (C=O) groups excluding carboxylic acids is 1. The van der Waals surface area contributed by atoms with Crippen LogP contribution in [0, 0.1) is 24.2 Å². The summed E-state index contributed by atoms with van der Waals surface area (Å²) in [4.78, 5) is 24.5. The van der Waals surface area contributed by atoms with Crippen LogP contribution in [0.15, 0.2) is 30.5 Å². The van der Waals surface area contributed by atoms with Crippen molar-refractivity contribution in [3.05, 3.63) is 53.0 Å². The number of aromatic amines is 1. The van der Waals surface area contributed by atoms with E-state index in [1.54, 1.807) is 6.20 Å². The molecule has 0 fully saturated rings. The summed E-state index contributed by atoms with van der Waals surface area (Å²) in [6, 6.07) is 7.49. The lowest BCUT2D eigenvalue weighted by Gasteiger charge is -2.09. The zero-order valence-corrected chi connectivity index (χ0v) is 16.4.